The minimum atomic E-state index is -0.335. The number of thioether (sulfide) groups is 1. The third-order valence-electron chi connectivity index (χ3n) is 5.07. The molecule has 0 radical (unpaired) electrons. The summed E-state index contributed by atoms with van der Waals surface area (Å²) in [5.74, 6) is 0.682. The van der Waals surface area contributed by atoms with Gasteiger partial charge in [0.25, 0.3) is 0 Å². The number of hydrogen-bond acceptors (Lipinski definition) is 5. The van der Waals surface area contributed by atoms with Gasteiger partial charge in [-0.15, -0.1) is 10.2 Å². The highest BCUT2D eigenvalue weighted by molar-refractivity contribution is 8.00. The quantitative estimate of drug-likeness (QED) is 0.388. The molecule has 0 saturated carbocycles. The lowest BCUT2D eigenvalue weighted by atomic mass is 10.1. The molecule has 0 fully saturated rings. The Hall–Kier alpha value is -3.45. The van der Waals surface area contributed by atoms with E-state index in [0.717, 1.165) is 29.1 Å². The number of anilines is 1. The molecular formula is C25H25N5OS. The molecule has 0 aliphatic heterocycles. The third kappa shape index (κ3) is 5.42. The maximum absolute atomic E-state index is 12.8. The summed E-state index contributed by atoms with van der Waals surface area (Å²) >= 11 is 1.41. The molecule has 0 unspecified atom stereocenters. The van der Waals surface area contributed by atoms with Gasteiger partial charge in [0.2, 0.25) is 5.91 Å². The SMILES string of the molecule is Cc1ccc(NC(=O)[C@H](C)Sc2nnc(-c3cccnc3)n2CCc2ccccc2)cc1. The van der Waals surface area contributed by atoms with Crippen LogP contribution in [-0.2, 0) is 17.8 Å². The lowest BCUT2D eigenvalue weighted by molar-refractivity contribution is -0.115. The van der Waals surface area contributed by atoms with E-state index in [2.05, 4.69) is 37.2 Å². The van der Waals surface area contributed by atoms with E-state index in [1.165, 1.54) is 17.3 Å². The van der Waals surface area contributed by atoms with Gasteiger partial charge < -0.3 is 9.88 Å². The maximum atomic E-state index is 12.8. The number of aromatic nitrogens is 4. The van der Waals surface area contributed by atoms with Crippen LogP contribution in [0.25, 0.3) is 11.4 Å². The van der Waals surface area contributed by atoms with E-state index < -0.39 is 0 Å². The van der Waals surface area contributed by atoms with Gasteiger partial charge in [0.1, 0.15) is 0 Å². The molecule has 32 heavy (non-hydrogen) atoms. The van der Waals surface area contributed by atoms with Crippen molar-refractivity contribution in [1.82, 2.24) is 19.7 Å². The van der Waals surface area contributed by atoms with Crippen molar-refractivity contribution in [2.45, 2.75) is 37.2 Å². The molecule has 1 amide bonds. The largest absolute Gasteiger partial charge is 0.325 e. The minimum absolute atomic E-state index is 0.0700. The lowest BCUT2D eigenvalue weighted by Gasteiger charge is -2.14. The molecule has 1 N–H and O–H groups in total. The van der Waals surface area contributed by atoms with Gasteiger partial charge >= 0.3 is 0 Å². The first-order valence-corrected chi connectivity index (χ1v) is 11.4. The molecule has 162 valence electrons. The van der Waals surface area contributed by atoms with Crippen LogP contribution in [0.3, 0.4) is 0 Å². The second-order valence-corrected chi connectivity index (χ2v) is 8.86. The molecule has 7 heteroatoms. The Balaban J connectivity index is 1.53. The van der Waals surface area contributed by atoms with E-state index in [4.69, 9.17) is 0 Å². The molecule has 0 spiro atoms. The topological polar surface area (TPSA) is 72.7 Å². The summed E-state index contributed by atoms with van der Waals surface area (Å²) in [6, 6.07) is 21.9. The van der Waals surface area contributed by atoms with E-state index in [1.807, 2.05) is 68.4 Å². The monoisotopic (exact) mass is 443 g/mol. The molecule has 0 saturated heterocycles. The molecule has 2 aromatic heterocycles. The molecule has 1 atom stereocenters. The van der Waals surface area contributed by atoms with Crippen molar-refractivity contribution in [3.63, 3.8) is 0 Å². The summed E-state index contributed by atoms with van der Waals surface area (Å²) in [5, 5.41) is 12.2. The van der Waals surface area contributed by atoms with Crippen LogP contribution in [0.2, 0.25) is 0 Å². The second kappa shape index (κ2) is 10.2. The fourth-order valence-corrected chi connectivity index (χ4v) is 4.14. The fourth-order valence-electron chi connectivity index (χ4n) is 3.26. The third-order valence-corrected chi connectivity index (χ3v) is 6.15. The summed E-state index contributed by atoms with van der Waals surface area (Å²) in [6.45, 7) is 4.61. The van der Waals surface area contributed by atoms with Crippen LogP contribution >= 0.6 is 11.8 Å². The molecule has 4 aromatic rings. The first kappa shape index (κ1) is 21.8. The summed E-state index contributed by atoms with van der Waals surface area (Å²) < 4.78 is 2.07. The fraction of sp³-hybridized carbons (Fsp3) is 0.200. The van der Waals surface area contributed by atoms with Crippen LogP contribution in [0.5, 0.6) is 0 Å². The highest BCUT2D eigenvalue weighted by Crippen LogP contribution is 2.27. The molecule has 0 bridgehead atoms. The summed E-state index contributed by atoms with van der Waals surface area (Å²) in [7, 11) is 0. The summed E-state index contributed by atoms with van der Waals surface area (Å²) in [6.07, 6.45) is 4.36. The van der Waals surface area contributed by atoms with E-state index in [-0.39, 0.29) is 11.2 Å². The normalized spacial score (nSPS) is 11.8. The van der Waals surface area contributed by atoms with Gasteiger partial charge in [0.15, 0.2) is 11.0 Å². The van der Waals surface area contributed by atoms with E-state index in [0.29, 0.717) is 11.7 Å². The van der Waals surface area contributed by atoms with Gasteiger partial charge in [0.05, 0.1) is 5.25 Å². The number of rotatable bonds is 8. The van der Waals surface area contributed by atoms with E-state index >= 15 is 0 Å². The zero-order chi connectivity index (χ0) is 22.3. The van der Waals surface area contributed by atoms with Crippen LogP contribution in [0.1, 0.15) is 18.1 Å². The van der Waals surface area contributed by atoms with Gasteiger partial charge in [-0.3, -0.25) is 9.78 Å². The van der Waals surface area contributed by atoms with E-state index in [1.54, 1.807) is 12.4 Å². The molecular weight excluding hydrogens is 418 g/mol. The predicted molar refractivity (Wildman–Crippen MR) is 129 cm³/mol. The smallest absolute Gasteiger partial charge is 0.237 e. The number of aryl methyl sites for hydroxylation is 2. The van der Waals surface area contributed by atoms with Crippen LogP contribution < -0.4 is 5.32 Å². The van der Waals surface area contributed by atoms with Gasteiger partial charge in [0, 0.05) is 30.2 Å². The van der Waals surface area contributed by atoms with Crippen molar-refractivity contribution in [2.24, 2.45) is 0 Å². The van der Waals surface area contributed by atoms with Crippen molar-refractivity contribution in [3.05, 3.63) is 90.3 Å². The second-order valence-electron chi connectivity index (χ2n) is 7.55. The van der Waals surface area contributed by atoms with Crippen molar-refractivity contribution in [1.29, 1.82) is 0 Å². The zero-order valence-electron chi connectivity index (χ0n) is 18.1. The first-order valence-electron chi connectivity index (χ1n) is 10.5. The van der Waals surface area contributed by atoms with Gasteiger partial charge in [-0.25, -0.2) is 0 Å². The molecule has 4 rings (SSSR count). The lowest BCUT2D eigenvalue weighted by Crippen LogP contribution is -2.23. The molecule has 2 aromatic carbocycles. The molecule has 2 heterocycles. The van der Waals surface area contributed by atoms with Gasteiger partial charge in [-0.2, -0.15) is 0 Å². The average Bonchev–Trinajstić information content (AvgIpc) is 3.22. The van der Waals surface area contributed by atoms with Gasteiger partial charge in [-0.1, -0.05) is 59.8 Å². The van der Waals surface area contributed by atoms with Crippen LogP contribution in [0, 0.1) is 6.92 Å². The Bertz CT molecular complexity index is 1160. The number of hydrogen-bond donors (Lipinski definition) is 1. The zero-order valence-corrected chi connectivity index (χ0v) is 18.9. The number of nitrogens with one attached hydrogen (secondary N) is 1. The average molecular weight is 444 g/mol. The Morgan fingerprint density at radius 3 is 2.53 bits per heavy atom. The standard InChI is InChI=1S/C25H25N5OS/c1-18-10-12-22(13-11-18)27-24(31)19(2)32-25-29-28-23(21-9-6-15-26-17-21)30(25)16-14-20-7-4-3-5-8-20/h3-13,15,17,19H,14,16H2,1-2H3,(H,27,31)/t19-/m0/s1. The Morgan fingerprint density at radius 2 is 1.81 bits per heavy atom. The van der Waals surface area contributed by atoms with Crippen LogP contribution in [-0.4, -0.2) is 30.9 Å². The van der Waals surface area contributed by atoms with E-state index in [9.17, 15) is 4.79 Å². The highest BCUT2D eigenvalue weighted by Gasteiger charge is 2.21. The van der Waals surface area contributed by atoms with Crippen molar-refractivity contribution < 1.29 is 4.79 Å². The molecule has 0 aliphatic rings. The molecule has 0 aliphatic carbocycles. The first-order chi connectivity index (χ1) is 15.6. The Labute approximate surface area is 192 Å². The van der Waals surface area contributed by atoms with Gasteiger partial charge in [-0.05, 0) is 50.1 Å². The summed E-state index contributed by atoms with van der Waals surface area (Å²) in [5.41, 5.74) is 4.07. The van der Waals surface area contributed by atoms with Crippen molar-refractivity contribution in [3.8, 4) is 11.4 Å². The number of amides is 1. The number of nitrogens with zero attached hydrogens (tertiary/aromatic N) is 4. The highest BCUT2D eigenvalue weighted by atomic mass is 32.2. The molecule has 6 nitrogen and oxygen atoms in total. The number of carbonyl (C=O) groups is 1. The maximum Gasteiger partial charge on any atom is 0.237 e. The van der Waals surface area contributed by atoms with Crippen molar-refractivity contribution in [2.75, 3.05) is 5.32 Å². The predicted octanol–water partition coefficient (Wildman–Crippen LogP) is 5.01. The Kier molecular flexibility index (Phi) is 6.97. The number of pyridine rings is 1. The Morgan fingerprint density at radius 1 is 1.03 bits per heavy atom. The number of benzene rings is 2. The summed E-state index contributed by atoms with van der Waals surface area (Å²) in [4.78, 5) is 17.0. The van der Waals surface area contributed by atoms with Crippen molar-refractivity contribution >= 4 is 23.4 Å². The van der Waals surface area contributed by atoms with Crippen LogP contribution in [0.15, 0.2) is 84.3 Å². The van der Waals surface area contributed by atoms with Crippen LogP contribution in [0.4, 0.5) is 5.69 Å². The number of carbonyl (C=O) groups excluding carboxylic acids is 1. The minimum Gasteiger partial charge on any atom is -0.325 e.